The van der Waals surface area contributed by atoms with E-state index in [1.807, 2.05) is 0 Å². The van der Waals surface area contributed by atoms with Crippen molar-refractivity contribution in [1.82, 2.24) is 4.72 Å². The number of nitrogens with one attached hydrogen (secondary N) is 1. The highest BCUT2D eigenvalue weighted by Gasteiger charge is 2.12. The van der Waals surface area contributed by atoms with E-state index in [-0.39, 0.29) is 11.4 Å². The van der Waals surface area contributed by atoms with Gasteiger partial charge in [0.25, 0.3) is 0 Å². The van der Waals surface area contributed by atoms with E-state index in [9.17, 15) is 8.42 Å². The average Bonchev–Trinajstić information content (AvgIpc) is 2.45. The Labute approximate surface area is 119 Å². The number of sulfonamides is 1. The summed E-state index contributed by atoms with van der Waals surface area (Å²) in [4.78, 5) is 0.192. The van der Waals surface area contributed by atoms with Crippen LogP contribution in [0.4, 0.5) is 0 Å². The van der Waals surface area contributed by atoms with Crippen molar-refractivity contribution in [3.63, 3.8) is 0 Å². The molecule has 20 heavy (non-hydrogen) atoms. The molecule has 0 atom stereocenters. The molecule has 0 amide bonds. The van der Waals surface area contributed by atoms with E-state index in [2.05, 4.69) is 4.72 Å². The minimum absolute atomic E-state index is 0.192. The van der Waals surface area contributed by atoms with Crippen molar-refractivity contribution >= 4 is 10.0 Å². The second-order valence-corrected chi connectivity index (χ2v) is 5.64. The van der Waals surface area contributed by atoms with Gasteiger partial charge in [0, 0.05) is 20.2 Å². The third-order valence-electron chi connectivity index (χ3n) is 2.38. The van der Waals surface area contributed by atoms with Crippen molar-refractivity contribution in [3.8, 4) is 5.75 Å². The van der Waals surface area contributed by atoms with E-state index < -0.39 is 10.0 Å². The van der Waals surface area contributed by atoms with Gasteiger partial charge in [-0.15, -0.1) is 0 Å². The maximum atomic E-state index is 11.9. The Balaban J connectivity index is 2.59. The highest BCUT2D eigenvalue weighted by molar-refractivity contribution is 7.89. The molecule has 0 aliphatic heterocycles. The summed E-state index contributed by atoms with van der Waals surface area (Å²) in [7, 11) is -1.92. The standard InChI is InChI=1S/C13H20N2O4S/c1-18-10-11-19-12-4-6-13(7-5-12)20(16,17)15-9-3-2-8-14/h2-7,15H,8-11,14H2,1H3/b3-2+. The van der Waals surface area contributed by atoms with Crippen molar-refractivity contribution < 1.29 is 17.9 Å². The second kappa shape index (κ2) is 8.70. The van der Waals surface area contributed by atoms with Gasteiger partial charge in [0.05, 0.1) is 11.5 Å². The fourth-order valence-corrected chi connectivity index (χ4v) is 2.36. The quantitative estimate of drug-likeness (QED) is 0.512. The summed E-state index contributed by atoms with van der Waals surface area (Å²) in [6.45, 7) is 1.50. The van der Waals surface area contributed by atoms with Gasteiger partial charge in [-0.2, -0.15) is 0 Å². The van der Waals surface area contributed by atoms with Crippen LogP contribution >= 0.6 is 0 Å². The molecule has 3 N–H and O–H groups in total. The van der Waals surface area contributed by atoms with Crippen molar-refractivity contribution in [2.24, 2.45) is 5.73 Å². The lowest BCUT2D eigenvalue weighted by Gasteiger charge is -2.07. The van der Waals surface area contributed by atoms with Gasteiger partial charge in [0.1, 0.15) is 12.4 Å². The highest BCUT2D eigenvalue weighted by atomic mass is 32.2. The molecule has 0 unspecified atom stereocenters. The third kappa shape index (κ3) is 5.70. The summed E-state index contributed by atoms with van der Waals surface area (Å²) in [5.74, 6) is 0.601. The summed E-state index contributed by atoms with van der Waals surface area (Å²) in [6.07, 6.45) is 3.36. The second-order valence-electron chi connectivity index (χ2n) is 3.87. The minimum Gasteiger partial charge on any atom is -0.491 e. The van der Waals surface area contributed by atoms with Crippen LogP contribution in [0, 0.1) is 0 Å². The van der Waals surface area contributed by atoms with Gasteiger partial charge in [-0.3, -0.25) is 0 Å². The van der Waals surface area contributed by atoms with Gasteiger partial charge in [0.15, 0.2) is 0 Å². The first-order valence-corrected chi connectivity index (χ1v) is 7.65. The summed E-state index contributed by atoms with van der Waals surface area (Å²) in [5, 5.41) is 0. The molecule has 0 bridgehead atoms. The van der Waals surface area contributed by atoms with Gasteiger partial charge in [-0.25, -0.2) is 13.1 Å². The molecular formula is C13H20N2O4S. The molecule has 7 heteroatoms. The lowest BCUT2D eigenvalue weighted by molar-refractivity contribution is 0.146. The molecule has 0 heterocycles. The number of benzene rings is 1. The lowest BCUT2D eigenvalue weighted by atomic mass is 10.3. The van der Waals surface area contributed by atoms with Gasteiger partial charge in [-0.1, -0.05) is 12.2 Å². The topological polar surface area (TPSA) is 90.6 Å². The zero-order chi connectivity index (χ0) is 14.8. The fourth-order valence-electron chi connectivity index (χ4n) is 1.38. The van der Waals surface area contributed by atoms with Gasteiger partial charge < -0.3 is 15.2 Å². The highest BCUT2D eigenvalue weighted by Crippen LogP contribution is 2.15. The predicted octanol–water partition coefficient (Wildman–Crippen LogP) is 0.505. The first kappa shape index (κ1) is 16.6. The molecule has 0 fully saturated rings. The average molecular weight is 300 g/mol. The Morgan fingerprint density at radius 1 is 1.20 bits per heavy atom. The van der Waals surface area contributed by atoms with Crippen LogP contribution < -0.4 is 15.2 Å². The maximum absolute atomic E-state index is 11.9. The van der Waals surface area contributed by atoms with Crippen molar-refractivity contribution in [1.29, 1.82) is 0 Å². The molecule has 1 rings (SSSR count). The smallest absolute Gasteiger partial charge is 0.240 e. The first-order valence-electron chi connectivity index (χ1n) is 6.16. The summed E-state index contributed by atoms with van der Waals surface area (Å²) >= 11 is 0. The number of rotatable bonds is 9. The minimum atomic E-state index is -3.50. The Hall–Kier alpha value is -1.41. The molecule has 0 saturated heterocycles. The summed E-state index contributed by atoms with van der Waals surface area (Å²) < 4.78 is 36.5. The monoisotopic (exact) mass is 300 g/mol. The van der Waals surface area contributed by atoms with E-state index in [0.717, 1.165) is 0 Å². The molecule has 1 aromatic rings. The Bertz CT molecular complexity index is 512. The van der Waals surface area contributed by atoms with Crippen LogP contribution in [0.1, 0.15) is 0 Å². The van der Waals surface area contributed by atoms with Crippen LogP contribution in [-0.4, -0.2) is 41.8 Å². The number of hydrogen-bond donors (Lipinski definition) is 2. The third-order valence-corrected chi connectivity index (χ3v) is 3.82. The number of nitrogens with two attached hydrogens (primary N) is 1. The molecule has 0 aliphatic carbocycles. The van der Waals surface area contributed by atoms with Crippen LogP contribution in [0.2, 0.25) is 0 Å². The largest absolute Gasteiger partial charge is 0.491 e. The molecular weight excluding hydrogens is 280 g/mol. The van der Waals surface area contributed by atoms with Crippen molar-refractivity contribution in [3.05, 3.63) is 36.4 Å². The molecule has 0 aromatic heterocycles. The SMILES string of the molecule is COCCOc1ccc(S(=O)(=O)NC/C=C/CN)cc1. The number of ether oxygens (including phenoxy) is 2. The Kier molecular flexibility index (Phi) is 7.24. The van der Waals surface area contributed by atoms with E-state index in [1.54, 1.807) is 31.4 Å². The predicted molar refractivity (Wildman–Crippen MR) is 77.2 cm³/mol. The van der Waals surface area contributed by atoms with Crippen molar-refractivity contribution in [2.45, 2.75) is 4.90 Å². The molecule has 0 aliphatic rings. The zero-order valence-corrected chi connectivity index (χ0v) is 12.2. The zero-order valence-electron chi connectivity index (χ0n) is 11.4. The fraction of sp³-hybridized carbons (Fsp3) is 0.385. The van der Waals surface area contributed by atoms with Crippen LogP contribution in [0.5, 0.6) is 5.75 Å². The van der Waals surface area contributed by atoms with Crippen LogP contribution in [-0.2, 0) is 14.8 Å². The van der Waals surface area contributed by atoms with E-state index >= 15 is 0 Å². The molecule has 1 aromatic carbocycles. The maximum Gasteiger partial charge on any atom is 0.240 e. The Morgan fingerprint density at radius 2 is 1.90 bits per heavy atom. The molecule has 0 radical (unpaired) electrons. The van der Waals surface area contributed by atoms with Crippen LogP contribution in [0.25, 0.3) is 0 Å². The first-order chi connectivity index (χ1) is 9.60. The molecule has 0 spiro atoms. The molecule has 0 saturated carbocycles. The van der Waals surface area contributed by atoms with Gasteiger partial charge in [0.2, 0.25) is 10.0 Å². The van der Waals surface area contributed by atoms with Crippen LogP contribution in [0.15, 0.2) is 41.3 Å². The van der Waals surface area contributed by atoms with E-state index in [4.69, 9.17) is 15.2 Å². The number of methoxy groups -OCH3 is 1. The van der Waals surface area contributed by atoms with E-state index in [1.165, 1.54) is 12.1 Å². The number of hydrogen-bond acceptors (Lipinski definition) is 5. The van der Waals surface area contributed by atoms with E-state index in [0.29, 0.717) is 25.5 Å². The summed E-state index contributed by atoms with van der Waals surface area (Å²) in [6, 6.07) is 6.22. The normalized spacial score (nSPS) is 11.9. The van der Waals surface area contributed by atoms with Crippen LogP contribution in [0.3, 0.4) is 0 Å². The lowest BCUT2D eigenvalue weighted by Crippen LogP contribution is -2.23. The molecule has 112 valence electrons. The Morgan fingerprint density at radius 3 is 2.50 bits per heavy atom. The van der Waals surface area contributed by atoms with Crippen molar-refractivity contribution in [2.75, 3.05) is 33.4 Å². The summed E-state index contributed by atoms with van der Waals surface area (Å²) in [5.41, 5.74) is 5.27. The molecule has 6 nitrogen and oxygen atoms in total. The van der Waals surface area contributed by atoms with Gasteiger partial charge >= 0.3 is 0 Å². The van der Waals surface area contributed by atoms with Gasteiger partial charge in [-0.05, 0) is 24.3 Å².